The number of amides is 1. The second-order valence-electron chi connectivity index (χ2n) is 10.8. The predicted molar refractivity (Wildman–Crippen MR) is 135 cm³/mol. The summed E-state index contributed by atoms with van der Waals surface area (Å²) in [6.45, 7) is 7.21. The fraction of sp³-hybridized carbons (Fsp3) is 0.393. The summed E-state index contributed by atoms with van der Waals surface area (Å²) in [5.74, 6) is -0.939. The van der Waals surface area contributed by atoms with E-state index in [9.17, 15) is 13.6 Å². The van der Waals surface area contributed by atoms with E-state index in [0.29, 0.717) is 30.1 Å². The molecular weight excluding hydrogens is 490 g/mol. The number of nitrogens with zero attached hydrogens (tertiary/aromatic N) is 6. The highest BCUT2D eigenvalue weighted by Crippen LogP contribution is 2.67. The van der Waals surface area contributed by atoms with Crippen LogP contribution in [-0.4, -0.2) is 49.0 Å². The number of hydrogen-bond donors (Lipinski definition) is 0. The first-order valence-corrected chi connectivity index (χ1v) is 12.7. The lowest BCUT2D eigenvalue weighted by atomic mass is 9.68. The van der Waals surface area contributed by atoms with Crippen molar-refractivity contribution < 1.29 is 18.1 Å². The molecule has 0 aliphatic heterocycles. The fourth-order valence-electron chi connectivity index (χ4n) is 6.63. The van der Waals surface area contributed by atoms with Gasteiger partial charge in [-0.1, -0.05) is 25.1 Å². The van der Waals surface area contributed by atoms with Crippen LogP contribution in [0.2, 0.25) is 0 Å². The van der Waals surface area contributed by atoms with E-state index in [1.54, 1.807) is 35.0 Å². The van der Waals surface area contributed by atoms with E-state index in [0.717, 1.165) is 24.1 Å². The van der Waals surface area contributed by atoms with Gasteiger partial charge in [-0.05, 0) is 54.9 Å². The second kappa shape index (κ2) is 8.54. The molecule has 0 unspecified atom stereocenters. The van der Waals surface area contributed by atoms with Crippen LogP contribution in [0.25, 0.3) is 22.6 Å². The molecule has 10 heteroatoms. The standard InChI is InChI=1S/C28H28F2N6O2/c1-5-36(26(37)24-17(14-35(4)34-24)22-10-12-31-38-22)15-28-11-9-18(27(28,2)3)16-13-21(32-33-25(16)28)23-19(29)7-6-8-20(23)30/h6-8,10,12-14,18H,5,9,11,15H2,1-4H3/t18-,28-/m0/s1. The van der Waals surface area contributed by atoms with E-state index >= 15 is 0 Å². The van der Waals surface area contributed by atoms with E-state index in [2.05, 4.69) is 34.3 Å². The van der Waals surface area contributed by atoms with Gasteiger partial charge in [0.15, 0.2) is 11.5 Å². The second-order valence-corrected chi connectivity index (χ2v) is 10.8. The molecule has 6 rings (SSSR count). The first-order chi connectivity index (χ1) is 18.2. The number of rotatable bonds is 6. The first-order valence-electron chi connectivity index (χ1n) is 12.7. The SMILES string of the molecule is CCN(C[C@@]12CC[C@@H](c3cc(-c4c(F)cccc4F)nnc31)C2(C)C)C(=O)c1nn(C)cc1-c1ccno1. The van der Waals surface area contributed by atoms with E-state index in [1.807, 2.05) is 6.92 Å². The van der Waals surface area contributed by atoms with Crippen LogP contribution < -0.4 is 0 Å². The molecule has 1 amide bonds. The Labute approximate surface area is 218 Å². The van der Waals surface area contributed by atoms with E-state index < -0.39 is 17.0 Å². The quantitative estimate of drug-likeness (QED) is 0.352. The number of aryl methyl sites for hydroxylation is 1. The Morgan fingerprint density at radius 3 is 2.66 bits per heavy atom. The van der Waals surface area contributed by atoms with Gasteiger partial charge in [0.05, 0.1) is 28.7 Å². The molecule has 3 aromatic heterocycles. The molecule has 0 saturated heterocycles. The maximum atomic E-state index is 14.5. The molecular formula is C28H28F2N6O2. The van der Waals surface area contributed by atoms with Gasteiger partial charge in [0, 0.05) is 37.8 Å². The van der Waals surface area contributed by atoms with Crippen LogP contribution in [0.1, 0.15) is 61.3 Å². The Kier molecular flexibility index (Phi) is 5.48. The van der Waals surface area contributed by atoms with Gasteiger partial charge in [0.25, 0.3) is 5.91 Å². The number of aromatic nitrogens is 5. The van der Waals surface area contributed by atoms with Gasteiger partial charge < -0.3 is 9.42 Å². The number of likely N-dealkylation sites (N-methyl/N-ethyl adjacent to an activating group) is 1. The van der Waals surface area contributed by atoms with Crippen molar-refractivity contribution >= 4 is 5.91 Å². The lowest BCUT2D eigenvalue weighted by molar-refractivity contribution is 0.0646. The topological polar surface area (TPSA) is 89.9 Å². The van der Waals surface area contributed by atoms with Crippen molar-refractivity contribution in [3.63, 3.8) is 0 Å². The summed E-state index contributed by atoms with van der Waals surface area (Å²) in [6, 6.07) is 7.27. The number of hydrogen-bond acceptors (Lipinski definition) is 6. The molecule has 0 spiro atoms. The third-order valence-corrected chi connectivity index (χ3v) is 8.70. The normalized spacial score (nSPS) is 21.1. The van der Waals surface area contributed by atoms with Crippen LogP contribution in [0.15, 0.2) is 47.2 Å². The summed E-state index contributed by atoms with van der Waals surface area (Å²) >= 11 is 0. The Morgan fingerprint density at radius 1 is 1.21 bits per heavy atom. The van der Waals surface area contributed by atoms with E-state index in [-0.39, 0.29) is 28.5 Å². The highest BCUT2D eigenvalue weighted by atomic mass is 19.1. The maximum Gasteiger partial charge on any atom is 0.275 e. The molecule has 2 atom stereocenters. The van der Waals surface area contributed by atoms with Crippen molar-refractivity contribution in [1.29, 1.82) is 0 Å². The first kappa shape index (κ1) is 24.4. The number of carbonyl (C=O) groups is 1. The van der Waals surface area contributed by atoms with Crippen molar-refractivity contribution in [3.05, 3.63) is 71.3 Å². The summed E-state index contributed by atoms with van der Waals surface area (Å²) in [6.07, 6.45) is 5.00. The number of benzene rings is 1. The molecule has 1 fully saturated rings. The molecule has 1 aromatic carbocycles. The van der Waals surface area contributed by atoms with Gasteiger partial charge >= 0.3 is 0 Å². The summed E-state index contributed by atoms with van der Waals surface area (Å²) in [7, 11) is 1.76. The van der Waals surface area contributed by atoms with Crippen molar-refractivity contribution in [2.45, 2.75) is 44.9 Å². The minimum atomic E-state index is -0.669. The number of carbonyl (C=O) groups excluding carboxylic acids is 1. The van der Waals surface area contributed by atoms with Gasteiger partial charge in [-0.2, -0.15) is 15.3 Å². The highest BCUT2D eigenvalue weighted by Gasteiger charge is 2.64. The number of fused-ring (bicyclic) bond motifs is 5. The summed E-state index contributed by atoms with van der Waals surface area (Å²) in [4.78, 5) is 15.7. The van der Waals surface area contributed by atoms with Gasteiger partial charge in [0.2, 0.25) is 0 Å². The van der Waals surface area contributed by atoms with Crippen molar-refractivity contribution in [2.24, 2.45) is 12.5 Å². The zero-order valence-corrected chi connectivity index (χ0v) is 21.7. The molecule has 2 aliphatic rings. The largest absolute Gasteiger partial charge is 0.356 e. The molecule has 4 aromatic rings. The zero-order chi connectivity index (χ0) is 26.8. The van der Waals surface area contributed by atoms with Crippen LogP contribution >= 0.6 is 0 Å². The van der Waals surface area contributed by atoms with Gasteiger partial charge in [-0.25, -0.2) is 8.78 Å². The molecule has 0 N–H and O–H groups in total. The minimum absolute atomic E-state index is 0.134. The third kappa shape index (κ3) is 3.35. The summed E-state index contributed by atoms with van der Waals surface area (Å²) < 4.78 is 36.0. The fourth-order valence-corrected chi connectivity index (χ4v) is 6.63. The average Bonchev–Trinajstić information content (AvgIpc) is 3.63. The third-order valence-electron chi connectivity index (χ3n) is 8.70. The molecule has 1 saturated carbocycles. The maximum absolute atomic E-state index is 14.5. The van der Waals surface area contributed by atoms with Crippen LogP contribution in [0.3, 0.4) is 0 Å². The average molecular weight is 519 g/mol. The molecule has 38 heavy (non-hydrogen) atoms. The van der Waals surface area contributed by atoms with Crippen LogP contribution in [0, 0.1) is 17.0 Å². The lowest BCUT2D eigenvalue weighted by Gasteiger charge is -2.41. The Morgan fingerprint density at radius 2 is 1.97 bits per heavy atom. The van der Waals surface area contributed by atoms with E-state index in [1.165, 1.54) is 24.4 Å². The molecule has 8 nitrogen and oxygen atoms in total. The van der Waals surface area contributed by atoms with Gasteiger partial charge in [-0.15, -0.1) is 0 Å². The molecule has 2 bridgehead atoms. The summed E-state index contributed by atoms with van der Waals surface area (Å²) in [5, 5.41) is 17.1. The van der Waals surface area contributed by atoms with Crippen LogP contribution in [0.5, 0.6) is 0 Å². The zero-order valence-electron chi connectivity index (χ0n) is 21.7. The smallest absolute Gasteiger partial charge is 0.275 e. The van der Waals surface area contributed by atoms with Crippen LogP contribution in [0.4, 0.5) is 8.78 Å². The highest BCUT2D eigenvalue weighted by molar-refractivity contribution is 5.98. The Hall–Kier alpha value is -3.95. The monoisotopic (exact) mass is 518 g/mol. The molecule has 2 aliphatic carbocycles. The lowest BCUT2D eigenvalue weighted by Crippen LogP contribution is -2.48. The van der Waals surface area contributed by atoms with Gasteiger partial charge in [-0.3, -0.25) is 9.48 Å². The molecule has 0 radical (unpaired) electrons. The van der Waals surface area contributed by atoms with Crippen molar-refractivity contribution in [3.8, 4) is 22.6 Å². The minimum Gasteiger partial charge on any atom is -0.356 e. The van der Waals surface area contributed by atoms with Crippen molar-refractivity contribution in [1.82, 2.24) is 30.0 Å². The Balaban J connectivity index is 1.39. The summed E-state index contributed by atoms with van der Waals surface area (Å²) in [5.41, 5.74) is 1.95. The van der Waals surface area contributed by atoms with Gasteiger partial charge in [0.1, 0.15) is 11.6 Å². The Bertz CT molecular complexity index is 1530. The van der Waals surface area contributed by atoms with Crippen LogP contribution in [-0.2, 0) is 12.5 Å². The molecule has 3 heterocycles. The molecule has 196 valence electrons. The van der Waals surface area contributed by atoms with Crippen molar-refractivity contribution in [2.75, 3.05) is 13.1 Å². The van der Waals surface area contributed by atoms with E-state index in [4.69, 9.17) is 4.52 Å². The number of halogens is 2. The predicted octanol–water partition coefficient (Wildman–Crippen LogP) is 5.13.